The zero-order valence-electron chi connectivity index (χ0n) is 10.0. The average molecular weight is 208 g/mol. The summed E-state index contributed by atoms with van der Waals surface area (Å²) in [6.45, 7) is 1.67. The molecule has 1 aromatic carbocycles. The van der Waals surface area contributed by atoms with E-state index in [1.165, 1.54) is 5.69 Å². The third-order valence-corrected chi connectivity index (χ3v) is 2.16. The molecule has 0 spiro atoms. The summed E-state index contributed by atoms with van der Waals surface area (Å²) in [4.78, 5) is 4.18. The lowest BCUT2D eigenvalue weighted by Gasteiger charge is -2.14. The van der Waals surface area contributed by atoms with E-state index in [9.17, 15) is 0 Å². The van der Waals surface area contributed by atoms with E-state index in [1.54, 1.807) is 0 Å². The van der Waals surface area contributed by atoms with Crippen LogP contribution in [0.15, 0.2) is 24.3 Å². The first-order valence-corrected chi connectivity index (χ1v) is 5.14. The van der Waals surface area contributed by atoms with Crippen LogP contribution in [0.4, 0.5) is 5.69 Å². The van der Waals surface area contributed by atoms with Crippen LogP contribution in [0.25, 0.3) is 0 Å². The van der Waals surface area contributed by atoms with Gasteiger partial charge in [0, 0.05) is 26.3 Å². The standard InChI is InChI=1S/C12H20N2O/c1-13(2)9-10-15-12-7-5-11(6-8-12)14(3)4/h5-8H,9-10H2,1-4H3. The molecule has 1 aromatic rings. The quantitative estimate of drug-likeness (QED) is 0.732. The number of hydrogen-bond acceptors (Lipinski definition) is 3. The summed E-state index contributed by atoms with van der Waals surface area (Å²) in [5.41, 5.74) is 1.19. The SMILES string of the molecule is CN(C)CCOc1ccc(N(C)C)cc1. The molecule has 0 unspecified atom stereocenters. The first-order chi connectivity index (χ1) is 7.09. The lowest BCUT2D eigenvalue weighted by atomic mass is 10.3. The van der Waals surface area contributed by atoms with Crippen molar-refractivity contribution >= 4 is 5.69 Å². The fourth-order valence-electron chi connectivity index (χ4n) is 1.19. The molecular formula is C12H20N2O. The molecule has 3 nitrogen and oxygen atoms in total. The van der Waals surface area contributed by atoms with E-state index in [0.29, 0.717) is 0 Å². The summed E-state index contributed by atoms with van der Waals surface area (Å²) in [5.74, 6) is 0.933. The van der Waals surface area contributed by atoms with Gasteiger partial charge in [-0.3, -0.25) is 0 Å². The van der Waals surface area contributed by atoms with Gasteiger partial charge in [-0.2, -0.15) is 0 Å². The number of likely N-dealkylation sites (N-methyl/N-ethyl adjacent to an activating group) is 1. The van der Waals surface area contributed by atoms with Crippen molar-refractivity contribution in [1.82, 2.24) is 4.90 Å². The smallest absolute Gasteiger partial charge is 0.119 e. The van der Waals surface area contributed by atoms with Crippen molar-refractivity contribution in [2.24, 2.45) is 0 Å². The molecule has 0 heterocycles. The van der Waals surface area contributed by atoms with E-state index < -0.39 is 0 Å². The second-order valence-electron chi connectivity index (χ2n) is 4.04. The number of nitrogens with zero attached hydrogens (tertiary/aromatic N) is 2. The van der Waals surface area contributed by atoms with Crippen molar-refractivity contribution < 1.29 is 4.74 Å². The molecule has 0 bridgehead atoms. The van der Waals surface area contributed by atoms with Crippen LogP contribution in [-0.4, -0.2) is 46.2 Å². The molecule has 84 valence electrons. The molecule has 0 amide bonds. The molecule has 0 aliphatic heterocycles. The van der Waals surface area contributed by atoms with E-state index in [2.05, 4.69) is 21.9 Å². The Hall–Kier alpha value is -1.22. The van der Waals surface area contributed by atoms with E-state index in [4.69, 9.17) is 4.74 Å². The third-order valence-electron chi connectivity index (χ3n) is 2.16. The Labute approximate surface area is 92.3 Å². The number of rotatable bonds is 5. The fraction of sp³-hybridized carbons (Fsp3) is 0.500. The van der Waals surface area contributed by atoms with Gasteiger partial charge >= 0.3 is 0 Å². The topological polar surface area (TPSA) is 15.7 Å². The largest absolute Gasteiger partial charge is 0.492 e. The van der Waals surface area contributed by atoms with Crippen molar-refractivity contribution in [2.45, 2.75) is 0 Å². The first kappa shape index (κ1) is 11.9. The Bertz CT molecular complexity index is 280. The van der Waals surface area contributed by atoms with Crippen LogP contribution in [0.2, 0.25) is 0 Å². The monoisotopic (exact) mass is 208 g/mol. The molecule has 0 aromatic heterocycles. The second kappa shape index (κ2) is 5.61. The summed E-state index contributed by atoms with van der Waals surface area (Å²) in [5, 5.41) is 0. The van der Waals surface area contributed by atoms with Crippen LogP contribution in [0, 0.1) is 0 Å². The van der Waals surface area contributed by atoms with Gasteiger partial charge < -0.3 is 14.5 Å². The van der Waals surface area contributed by atoms with Gasteiger partial charge in [0.05, 0.1) is 0 Å². The maximum Gasteiger partial charge on any atom is 0.119 e. The van der Waals surface area contributed by atoms with Gasteiger partial charge in [-0.15, -0.1) is 0 Å². The molecule has 0 saturated heterocycles. The molecule has 0 atom stereocenters. The number of benzene rings is 1. The van der Waals surface area contributed by atoms with E-state index >= 15 is 0 Å². The predicted octanol–water partition coefficient (Wildman–Crippen LogP) is 1.69. The van der Waals surface area contributed by atoms with Crippen LogP contribution in [0.1, 0.15) is 0 Å². The summed E-state index contributed by atoms with van der Waals surface area (Å²) in [7, 11) is 8.14. The lowest BCUT2D eigenvalue weighted by molar-refractivity contribution is 0.261. The summed E-state index contributed by atoms with van der Waals surface area (Å²) < 4.78 is 5.59. The van der Waals surface area contributed by atoms with Crippen molar-refractivity contribution in [2.75, 3.05) is 46.2 Å². The van der Waals surface area contributed by atoms with E-state index in [1.807, 2.05) is 40.3 Å². The number of hydrogen-bond donors (Lipinski definition) is 0. The molecular weight excluding hydrogens is 188 g/mol. The fourth-order valence-corrected chi connectivity index (χ4v) is 1.19. The Morgan fingerprint density at radius 1 is 1.00 bits per heavy atom. The van der Waals surface area contributed by atoms with Gasteiger partial charge in [0.25, 0.3) is 0 Å². The van der Waals surface area contributed by atoms with Gasteiger partial charge in [0.15, 0.2) is 0 Å². The number of anilines is 1. The summed E-state index contributed by atoms with van der Waals surface area (Å²) in [6, 6.07) is 8.13. The highest BCUT2D eigenvalue weighted by Crippen LogP contribution is 2.17. The zero-order chi connectivity index (χ0) is 11.3. The van der Waals surface area contributed by atoms with Crippen LogP contribution in [0.3, 0.4) is 0 Å². The average Bonchev–Trinajstić information content (AvgIpc) is 2.18. The van der Waals surface area contributed by atoms with Gasteiger partial charge in [0.1, 0.15) is 12.4 Å². The minimum absolute atomic E-state index is 0.730. The highest BCUT2D eigenvalue weighted by molar-refractivity contribution is 5.47. The van der Waals surface area contributed by atoms with Gasteiger partial charge in [-0.1, -0.05) is 0 Å². The highest BCUT2D eigenvalue weighted by Gasteiger charge is 1.97. The van der Waals surface area contributed by atoms with Crippen molar-refractivity contribution in [3.8, 4) is 5.75 Å². The van der Waals surface area contributed by atoms with Crippen molar-refractivity contribution in [3.05, 3.63) is 24.3 Å². The molecule has 15 heavy (non-hydrogen) atoms. The molecule has 0 aliphatic rings. The molecule has 0 aliphatic carbocycles. The molecule has 0 fully saturated rings. The van der Waals surface area contributed by atoms with Gasteiger partial charge in [0.2, 0.25) is 0 Å². The van der Waals surface area contributed by atoms with Crippen LogP contribution < -0.4 is 9.64 Å². The number of ether oxygens (including phenoxy) is 1. The maximum atomic E-state index is 5.59. The molecule has 0 radical (unpaired) electrons. The lowest BCUT2D eigenvalue weighted by Crippen LogP contribution is -2.19. The molecule has 1 rings (SSSR count). The predicted molar refractivity (Wildman–Crippen MR) is 64.8 cm³/mol. The maximum absolute atomic E-state index is 5.59. The minimum atomic E-state index is 0.730. The molecule has 0 saturated carbocycles. The highest BCUT2D eigenvalue weighted by atomic mass is 16.5. The third kappa shape index (κ3) is 4.21. The summed E-state index contributed by atoms with van der Waals surface area (Å²) in [6.07, 6.45) is 0. The van der Waals surface area contributed by atoms with Crippen molar-refractivity contribution in [1.29, 1.82) is 0 Å². The molecule has 0 N–H and O–H groups in total. The summed E-state index contributed by atoms with van der Waals surface area (Å²) >= 11 is 0. The Morgan fingerprint density at radius 2 is 1.60 bits per heavy atom. The van der Waals surface area contributed by atoms with Crippen LogP contribution in [-0.2, 0) is 0 Å². The minimum Gasteiger partial charge on any atom is -0.492 e. The normalized spacial score (nSPS) is 10.5. The Balaban J connectivity index is 2.43. The van der Waals surface area contributed by atoms with Gasteiger partial charge in [-0.25, -0.2) is 0 Å². The molecule has 3 heteroatoms. The Kier molecular flexibility index (Phi) is 4.43. The van der Waals surface area contributed by atoms with Gasteiger partial charge in [-0.05, 0) is 38.4 Å². The first-order valence-electron chi connectivity index (χ1n) is 5.14. The van der Waals surface area contributed by atoms with Crippen molar-refractivity contribution in [3.63, 3.8) is 0 Å². The Morgan fingerprint density at radius 3 is 2.07 bits per heavy atom. The van der Waals surface area contributed by atoms with E-state index in [0.717, 1.165) is 18.9 Å². The van der Waals surface area contributed by atoms with Crippen LogP contribution >= 0.6 is 0 Å². The van der Waals surface area contributed by atoms with Crippen LogP contribution in [0.5, 0.6) is 5.75 Å². The second-order valence-corrected chi connectivity index (χ2v) is 4.04. The van der Waals surface area contributed by atoms with E-state index in [-0.39, 0.29) is 0 Å². The zero-order valence-corrected chi connectivity index (χ0v) is 10.0.